The van der Waals surface area contributed by atoms with Gasteiger partial charge in [-0.15, -0.1) is 0 Å². The van der Waals surface area contributed by atoms with Crippen LogP contribution in [0.15, 0.2) is 0 Å². The summed E-state index contributed by atoms with van der Waals surface area (Å²) in [7, 11) is 0.861. The maximum atomic E-state index is 11.3. The lowest BCUT2D eigenvalue weighted by atomic mass is 10.8. The first-order valence-electron chi connectivity index (χ1n) is 1.82. The molecule has 47 valence electrons. The summed E-state index contributed by atoms with van der Waals surface area (Å²) in [4.78, 5) is 9.73. The fraction of sp³-hybridized carbons (Fsp3) is 0.667. The van der Waals surface area contributed by atoms with Crippen LogP contribution in [-0.4, -0.2) is 24.5 Å². The zero-order valence-corrected chi connectivity index (χ0v) is 4.19. The molecule has 0 aromatic carbocycles. The summed E-state index contributed by atoms with van der Waals surface area (Å²) in [6.45, 7) is -2.86. The van der Waals surface area contributed by atoms with E-state index in [2.05, 4.69) is 0 Å². The van der Waals surface area contributed by atoms with E-state index in [1.54, 1.807) is 0 Å². The maximum absolute atomic E-state index is 11.3. The predicted octanol–water partition coefficient (Wildman–Crippen LogP) is 0.544. The van der Waals surface area contributed by atoms with Crippen molar-refractivity contribution in [3.8, 4) is 0 Å². The number of hydrogen-bond donors (Lipinski definition) is 0. The van der Waals surface area contributed by atoms with Crippen molar-refractivity contribution in [1.82, 2.24) is 10.6 Å². The molecule has 0 atom stereocenters. The van der Waals surface area contributed by atoms with Crippen molar-refractivity contribution in [3.63, 3.8) is 0 Å². The van der Waals surface area contributed by atoms with E-state index in [1.807, 2.05) is 0 Å². The Kier molecular flexibility index (Phi) is 2.18. The molecule has 3 nitrogen and oxygen atoms in total. The summed E-state index contributed by atoms with van der Waals surface area (Å²) >= 11 is 0. The lowest BCUT2D eigenvalue weighted by Gasteiger charge is -2.09. The Balaban J connectivity index is 3.64. The summed E-state index contributed by atoms with van der Waals surface area (Å²) in [5.41, 5.74) is 6.12. The van der Waals surface area contributed by atoms with Crippen LogP contribution in [0.3, 0.4) is 0 Å². The second-order valence-electron chi connectivity index (χ2n) is 1.19. The van der Waals surface area contributed by atoms with Crippen LogP contribution in [0.2, 0.25) is 0 Å². The average Bonchev–Trinajstić information content (AvgIpc) is 1.64. The number of nitrogens with one attached hydrogen (secondary N) is 1. The van der Waals surface area contributed by atoms with Gasteiger partial charge >= 0.3 is 12.6 Å². The third-order valence-electron chi connectivity index (χ3n) is 0.613. The van der Waals surface area contributed by atoms with Crippen molar-refractivity contribution >= 4 is 6.03 Å². The molecule has 0 heterocycles. The van der Waals surface area contributed by atoms with Crippen LogP contribution in [0.5, 0.6) is 0 Å². The Hall–Kier alpha value is -0.870. The molecule has 0 bridgehead atoms. The second-order valence-corrected chi connectivity index (χ2v) is 1.19. The van der Waals surface area contributed by atoms with Crippen LogP contribution in [0.1, 0.15) is 0 Å². The van der Waals surface area contributed by atoms with E-state index >= 15 is 0 Å². The van der Waals surface area contributed by atoms with Gasteiger partial charge in [0.2, 0.25) is 0 Å². The number of alkyl halides is 2. The van der Waals surface area contributed by atoms with Crippen molar-refractivity contribution in [2.45, 2.75) is 6.55 Å². The molecule has 0 rings (SSSR count). The van der Waals surface area contributed by atoms with E-state index in [0.717, 1.165) is 7.05 Å². The van der Waals surface area contributed by atoms with Gasteiger partial charge in [-0.3, -0.25) is 4.90 Å². The van der Waals surface area contributed by atoms with E-state index in [9.17, 15) is 13.6 Å². The molecule has 2 amide bonds. The van der Waals surface area contributed by atoms with Crippen molar-refractivity contribution in [2.75, 3.05) is 7.05 Å². The molecule has 8 heavy (non-hydrogen) atoms. The summed E-state index contributed by atoms with van der Waals surface area (Å²) in [6.07, 6.45) is 0. The lowest BCUT2D eigenvalue weighted by Crippen LogP contribution is -2.30. The summed E-state index contributed by atoms with van der Waals surface area (Å²) in [6, 6.07) is -1.37. The first kappa shape index (κ1) is 7.13. The van der Waals surface area contributed by atoms with Crippen LogP contribution in [-0.2, 0) is 0 Å². The van der Waals surface area contributed by atoms with Gasteiger partial charge < -0.3 is 0 Å². The average molecular weight is 123 g/mol. The van der Waals surface area contributed by atoms with Gasteiger partial charge in [0.1, 0.15) is 0 Å². The van der Waals surface area contributed by atoms with Crippen LogP contribution < -0.4 is 5.73 Å². The zero-order chi connectivity index (χ0) is 6.73. The molecule has 0 aliphatic carbocycles. The standard InChI is InChI=1S/C3H5F2N2O/c1-7(2(4)5)3(6)8/h2,6H,1H3. The molecule has 0 fully saturated rings. The smallest absolute Gasteiger partial charge is 0.270 e. The molecule has 0 saturated heterocycles. The SMILES string of the molecule is CN(C([NH])=O)C(F)F. The van der Waals surface area contributed by atoms with Gasteiger partial charge in [-0.25, -0.2) is 10.5 Å². The zero-order valence-electron chi connectivity index (χ0n) is 4.19. The molecule has 5 heteroatoms. The minimum atomic E-state index is -2.86. The molecule has 0 saturated carbocycles. The minimum absolute atomic E-state index is 0.0278. The van der Waals surface area contributed by atoms with Crippen molar-refractivity contribution in [1.29, 1.82) is 0 Å². The summed E-state index contributed by atoms with van der Waals surface area (Å²) in [5, 5.41) is 0. The number of nitrogens with zero attached hydrogens (tertiary/aromatic N) is 1. The molecular formula is C3H5F2N2O. The van der Waals surface area contributed by atoms with Crippen molar-refractivity contribution in [3.05, 3.63) is 0 Å². The minimum Gasteiger partial charge on any atom is -0.270 e. The predicted molar refractivity (Wildman–Crippen MR) is 22.3 cm³/mol. The summed E-state index contributed by atoms with van der Waals surface area (Å²) < 4.78 is 22.5. The van der Waals surface area contributed by atoms with Gasteiger partial charge in [-0.05, 0) is 0 Å². The number of amides is 2. The fourth-order valence-electron chi connectivity index (χ4n) is 0.0886. The molecule has 0 aromatic rings. The van der Waals surface area contributed by atoms with Crippen LogP contribution in [0.4, 0.5) is 13.6 Å². The molecule has 0 aliphatic rings. The number of hydrogen-bond acceptors (Lipinski definition) is 1. The highest BCUT2D eigenvalue weighted by Crippen LogP contribution is 1.97. The van der Waals surface area contributed by atoms with Gasteiger partial charge in [-0.2, -0.15) is 8.78 Å². The topological polar surface area (TPSA) is 44.1 Å². The van der Waals surface area contributed by atoms with E-state index in [-0.39, 0.29) is 4.90 Å². The van der Waals surface area contributed by atoms with Gasteiger partial charge in [0, 0.05) is 7.05 Å². The molecular weight excluding hydrogens is 118 g/mol. The molecule has 0 aliphatic heterocycles. The molecule has 0 spiro atoms. The number of rotatable bonds is 1. The Labute approximate surface area is 45.1 Å². The molecule has 0 aromatic heterocycles. The molecule has 0 unspecified atom stereocenters. The largest absolute Gasteiger partial charge is 0.340 e. The third-order valence-corrected chi connectivity index (χ3v) is 0.613. The number of urea groups is 1. The van der Waals surface area contributed by atoms with E-state index in [0.29, 0.717) is 0 Å². The van der Waals surface area contributed by atoms with Gasteiger partial charge in [0.15, 0.2) is 0 Å². The van der Waals surface area contributed by atoms with Crippen molar-refractivity contribution in [2.24, 2.45) is 0 Å². The van der Waals surface area contributed by atoms with Gasteiger partial charge in [-0.1, -0.05) is 0 Å². The molecule has 1 N–H and O–H groups in total. The lowest BCUT2D eigenvalue weighted by molar-refractivity contribution is 0.0197. The summed E-state index contributed by atoms with van der Waals surface area (Å²) in [5.74, 6) is 0. The Bertz CT molecular complexity index is 95.3. The van der Waals surface area contributed by atoms with E-state index < -0.39 is 12.6 Å². The highest BCUT2D eigenvalue weighted by molar-refractivity contribution is 5.70. The Morgan fingerprint density at radius 3 is 2.12 bits per heavy atom. The number of carbonyl (C=O) groups excluding carboxylic acids is 1. The fourth-order valence-corrected chi connectivity index (χ4v) is 0.0886. The van der Waals surface area contributed by atoms with E-state index in [1.165, 1.54) is 0 Å². The molecule has 1 radical (unpaired) electrons. The van der Waals surface area contributed by atoms with Gasteiger partial charge in [0.05, 0.1) is 0 Å². The van der Waals surface area contributed by atoms with E-state index in [4.69, 9.17) is 5.73 Å². The second kappa shape index (κ2) is 2.44. The first-order chi connectivity index (χ1) is 3.55. The van der Waals surface area contributed by atoms with Gasteiger partial charge in [0.25, 0.3) is 0 Å². The highest BCUT2D eigenvalue weighted by Gasteiger charge is 2.13. The normalized spacial score (nSPS) is 9.50. The number of halogens is 2. The monoisotopic (exact) mass is 123 g/mol. The Morgan fingerprint density at radius 2 is 2.12 bits per heavy atom. The quantitative estimate of drug-likeness (QED) is 0.469. The Morgan fingerprint density at radius 1 is 1.75 bits per heavy atom. The van der Waals surface area contributed by atoms with Crippen LogP contribution >= 0.6 is 0 Å². The van der Waals surface area contributed by atoms with Crippen LogP contribution in [0.25, 0.3) is 0 Å². The highest BCUT2D eigenvalue weighted by atomic mass is 19.3. The maximum Gasteiger partial charge on any atom is 0.340 e. The first-order valence-corrected chi connectivity index (χ1v) is 1.82. The van der Waals surface area contributed by atoms with Crippen molar-refractivity contribution < 1.29 is 13.6 Å². The number of carbonyl (C=O) groups is 1. The van der Waals surface area contributed by atoms with Crippen LogP contribution in [0, 0.1) is 0 Å². The third kappa shape index (κ3) is 1.72.